The first-order valence-electron chi connectivity index (χ1n) is 6.36. The number of nitrogens with zero attached hydrogens (tertiary/aromatic N) is 2. The molecule has 1 aromatic carbocycles. The maximum absolute atomic E-state index is 10.9. The number of nitro groups is 1. The van der Waals surface area contributed by atoms with Gasteiger partial charge < -0.3 is 10.6 Å². The number of nitro benzene ring substituents is 1. The Morgan fingerprint density at radius 1 is 1.42 bits per heavy atom. The molecule has 1 aliphatic carbocycles. The molecule has 1 aliphatic rings. The molecule has 100 valence electrons. The van der Waals surface area contributed by atoms with Crippen LogP contribution in [0, 0.1) is 21.4 Å². The number of nitriles is 1. The fourth-order valence-electron chi connectivity index (χ4n) is 1.81. The SMILES string of the molecule is N#Cc1ccc([N+](=O)[O-])c(NCCCNC2CC2)c1. The highest BCUT2D eigenvalue weighted by Gasteiger charge is 2.19. The zero-order chi connectivity index (χ0) is 13.7. The average Bonchev–Trinajstić information content (AvgIpc) is 3.22. The van der Waals surface area contributed by atoms with E-state index >= 15 is 0 Å². The zero-order valence-electron chi connectivity index (χ0n) is 10.6. The molecule has 6 heteroatoms. The molecule has 0 atom stereocenters. The summed E-state index contributed by atoms with van der Waals surface area (Å²) in [5.74, 6) is 0. The Kier molecular flexibility index (Phi) is 4.31. The Morgan fingerprint density at radius 2 is 2.21 bits per heavy atom. The molecule has 0 saturated heterocycles. The highest BCUT2D eigenvalue weighted by Crippen LogP contribution is 2.25. The van der Waals surface area contributed by atoms with Gasteiger partial charge in [0.25, 0.3) is 5.69 Å². The second-order valence-electron chi connectivity index (χ2n) is 4.61. The fourth-order valence-corrected chi connectivity index (χ4v) is 1.81. The van der Waals surface area contributed by atoms with Crippen LogP contribution in [0.15, 0.2) is 18.2 Å². The largest absolute Gasteiger partial charge is 0.379 e. The first-order valence-corrected chi connectivity index (χ1v) is 6.36. The smallest absolute Gasteiger partial charge is 0.292 e. The molecule has 1 fully saturated rings. The molecule has 0 heterocycles. The molecule has 0 aliphatic heterocycles. The molecule has 0 unspecified atom stereocenters. The van der Waals surface area contributed by atoms with Gasteiger partial charge in [-0.15, -0.1) is 0 Å². The molecule has 19 heavy (non-hydrogen) atoms. The van der Waals surface area contributed by atoms with E-state index in [0.29, 0.717) is 23.8 Å². The maximum atomic E-state index is 10.9. The van der Waals surface area contributed by atoms with Gasteiger partial charge in [0, 0.05) is 18.7 Å². The number of benzene rings is 1. The van der Waals surface area contributed by atoms with Crippen molar-refractivity contribution in [2.75, 3.05) is 18.4 Å². The molecule has 0 aromatic heterocycles. The van der Waals surface area contributed by atoms with Crippen LogP contribution < -0.4 is 10.6 Å². The minimum atomic E-state index is -0.439. The minimum absolute atomic E-state index is 0.00847. The quantitative estimate of drug-likeness (QED) is 0.444. The van der Waals surface area contributed by atoms with Crippen molar-refractivity contribution >= 4 is 11.4 Å². The summed E-state index contributed by atoms with van der Waals surface area (Å²) in [6, 6.07) is 7.00. The average molecular weight is 260 g/mol. The van der Waals surface area contributed by atoms with Crippen LogP contribution in [0.1, 0.15) is 24.8 Å². The van der Waals surface area contributed by atoms with Crippen molar-refractivity contribution in [2.24, 2.45) is 0 Å². The Balaban J connectivity index is 1.89. The summed E-state index contributed by atoms with van der Waals surface area (Å²) in [7, 11) is 0. The van der Waals surface area contributed by atoms with Gasteiger partial charge in [-0.1, -0.05) is 0 Å². The van der Waals surface area contributed by atoms with Crippen molar-refractivity contribution in [3.8, 4) is 6.07 Å². The van der Waals surface area contributed by atoms with E-state index in [2.05, 4.69) is 10.6 Å². The molecule has 2 N–H and O–H groups in total. The Bertz CT molecular complexity index is 506. The summed E-state index contributed by atoms with van der Waals surface area (Å²) in [6.45, 7) is 1.55. The lowest BCUT2D eigenvalue weighted by atomic mass is 10.2. The summed E-state index contributed by atoms with van der Waals surface area (Å²) in [4.78, 5) is 10.4. The molecule has 6 nitrogen and oxygen atoms in total. The zero-order valence-corrected chi connectivity index (χ0v) is 10.6. The molecule has 2 rings (SSSR count). The summed E-state index contributed by atoms with van der Waals surface area (Å²) in [6.07, 6.45) is 3.40. The predicted molar refractivity (Wildman–Crippen MR) is 71.9 cm³/mol. The normalized spacial score (nSPS) is 13.8. The third-order valence-corrected chi connectivity index (χ3v) is 3.00. The van der Waals surface area contributed by atoms with E-state index < -0.39 is 4.92 Å². The molecule has 1 saturated carbocycles. The van der Waals surface area contributed by atoms with Gasteiger partial charge in [-0.2, -0.15) is 5.26 Å². The number of hydrogen-bond acceptors (Lipinski definition) is 5. The van der Waals surface area contributed by atoms with Crippen molar-refractivity contribution in [1.29, 1.82) is 5.26 Å². The van der Waals surface area contributed by atoms with E-state index in [1.165, 1.54) is 31.0 Å². The molecule has 0 bridgehead atoms. The van der Waals surface area contributed by atoms with E-state index in [0.717, 1.165) is 13.0 Å². The lowest BCUT2D eigenvalue weighted by Gasteiger charge is -2.07. The highest BCUT2D eigenvalue weighted by molar-refractivity contribution is 5.64. The monoisotopic (exact) mass is 260 g/mol. The lowest BCUT2D eigenvalue weighted by molar-refractivity contribution is -0.384. The number of nitrogens with one attached hydrogen (secondary N) is 2. The Hall–Kier alpha value is -2.13. The van der Waals surface area contributed by atoms with E-state index in [4.69, 9.17) is 5.26 Å². The summed E-state index contributed by atoms with van der Waals surface area (Å²) in [5, 5.41) is 26.1. The third kappa shape index (κ3) is 3.93. The molecule has 1 aromatic rings. The Morgan fingerprint density at radius 3 is 2.84 bits per heavy atom. The van der Waals surface area contributed by atoms with Crippen molar-refractivity contribution < 1.29 is 4.92 Å². The highest BCUT2D eigenvalue weighted by atomic mass is 16.6. The molecular formula is C13H16N4O2. The first-order chi connectivity index (χ1) is 9.20. The van der Waals surface area contributed by atoms with E-state index in [9.17, 15) is 10.1 Å². The van der Waals surface area contributed by atoms with Crippen LogP contribution in [-0.4, -0.2) is 24.1 Å². The number of hydrogen-bond donors (Lipinski definition) is 2. The molecule has 0 radical (unpaired) electrons. The van der Waals surface area contributed by atoms with E-state index in [-0.39, 0.29) is 5.69 Å². The van der Waals surface area contributed by atoms with Crippen LogP contribution in [0.3, 0.4) is 0 Å². The third-order valence-electron chi connectivity index (χ3n) is 3.00. The molecule has 0 spiro atoms. The summed E-state index contributed by atoms with van der Waals surface area (Å²) < 4.78 is 0. The standard InChI is InChI=1S/C13H16N4O2/c14-9-10-2-5-13(17(18)19)12(8-10)16-7-1-6-15-11-3-4-11/h2,5,8,11,15-16H,1,3-4,6-7H2. The van der Waals surface area contributed by atoms with Crippen molar-refractivity contribution in [3.63, 3.8) is 0 Å². The second-order valence-corrected chi connectivity index (χ2v) is 4.61. The van der Waals surface area contributed by atoms with Gasteiger partial charge in [-0.25, -0.2) is 0 Å². The van der Waals surface area contributed by atoms with Crippen LogP contribution in [-0.2, 0) is 0 Å². The van der Waals surface area contributed by atoms with E-state index in [1.807, 2.05) is 6.07 Å². The van der Waals surface area contributed by atoms with Gasteiger partial charge >= 0.3 is 0 Å². The van der Waals surface area contributed by atoms with Gasteiger partial charge in [0.15, 0.2) is 0 Å². The fraction of sp³-hybridized carbons (Fsp3) is 0.462. The number of anilines is 1. The topological polar surface area (TPSA) is 91.0 Å². The Labute approximate surface area is 111 Å². The predicted octanol–water partition coefficient (Wildman–Crippen LogP) is 2.02. The maximum Gasteiger partial charge on any atom is 0.292 e. The van der Waals surface area contributed by atoms with E-state index in [1.54, 1.807) is 0 Å². The van der Waals surface area contributed by atoms with Crippen molar-refractivity contribution in [3.05, 3.63) is 33.9 Å². The summed E-state index contributed by atoms with van der Waals surface area (Å²) >= 11 is 0. The lowest BCUT2D eigenvalue weighted by Crippen LogP contribution is -2.20. The van der Waals surface area contributed by atoms with Crippen molar-refractivity contribution in [2.45, 2.75) is 25.3 Å². The summed E-state index contributed by atoms with van der Waals surface area (Å²) in [5.41, 5.74) is 0.842. The van der Waals surface area contributed by atoms with Crippen molar-refractivity contribution in [1.82, 2.24) is 5.32 Å². The first kappa shape index (κ1) is 13.3. The van der Waals surface area contributed by atoms with Gasteiger partial charge in [-0.3, -0.25) is 10.1 Å². The number of rotatable bonds is 7. The van der Waals surface area contributed by atoms with Crippen LogP contribution in [0.4, 0.5) is 11.4 Å². The van der Waals surface area contributed by atoms with Gasteiger partial charge in [0.1, 0.15) is 5.69 Å². The second kappa shape index (κ2) is 6.16. The van der Waals surface area contributed by atoms with Crippen LogP contribution in [0.5, 0.6) is 0 Å². The van der Waals surface area contributed by atoms with Gasteiger partial charge in [0.2, 0.25) is 0 Å². The van der Waals surface area contributed by atoms with Crippen LogP contribution in [0.25, 0.3) is 0 Å². The molecular weight excluding hydrogens is 244 g/mol. The van der Waals surface area contributed by atoms with Crippen LogP contribution >= 0.6 is 0 Å². The minimum Gasteiger partial charge on any atom is -0.379 e. The van der Waals surface area contributed by atoms with Crippen LogP contribution in [0.2, 0.25) is 0 Å². The van der Waals surface area contributed by atoms with Gasteiger partial charge in [-0.05, 0) is 37.9 Å². The van der Waals surface area contributed by atoms with Gasteiger partial charge in [0.05, 0.1) is 16.6 Å². The molecule has 0 amide bonds.